The molecule has 5 nitrogen and oxygen atoms in total. The van der Waals surface area contributed by atoms with Crippen molar-refractivity contribution in [3.05, 3.63) is 101 Å². The van der Waals surface area contributed by atoms with E-state index in [2.05, 4.69) is 20.5 Å². The Labute approximate surface area is 190 Å². The number of halogens is 1. The van der Waals surface area contributed by atoms with Crippen LogP contribution >= 0.6 is 23.4 Å². The van der Waals surface area contributed by atoms with Crippen LogP contribution in [0.5, 0.6) is 0 Å². The quantitative estimate of drug-likeness (QED) is 0.370. The number of carbonyl (C=O) groups is 1. The Morgan fingerprint density at radius 2 is 1.68 bits per heavy atom. The van der Waals surface area contributed by atoms with Gasteiger partial charge in [0.25, 0.3) is 0 Å². The van der Waals surface area contributed by atoms with E-state index in [-0.39, 0.29) is 17.7 Å². The second kappa shape index (κ2) is 9.81. The SMILES string of the molecule is Cc1ccc(-c2nc(SCC(=O)NC(c3ccccc3)c3ccc(Cl)cc3)n[nH]2)cc1. The largest absolute Gasteiger partial charge is 0.344 e. The van der Waals surface area contributed by atoms with Gasteiger partial charge in [-0.05, 0) is 30.2 Å². The third kappa shape index (κ3) is 5.54. The molecule has 4 aromatic rings. The Morgan fingerprint density at radius 3 is 2.39 bits per heavy atom. The number of nitrogens with zero attached hydrogens (tertiary/aromatic N) is 2. The van der Waals surface area contributed by atoms with E-state index in [1.807, 2.05) is 85.8 Å². The van der Waals surface area contributed by atoms with Gasteiger partial charge in [0, 0.05) is 10.6 Å². The van der Waals surface area contributed by atoms with Gasteiger partial charge in [-0.3, -0.25) is 9.89 Å². The van der Waals surface area contributed by atoms with Crippen LogP contribution in [0.25, 0.3) is 11.4 Å². The summed E-state index contributed by atoms with van der Waals surface area (Å²) in [5, 5.41) is 11.5. The van der Waals surface area contributed by atoms with Gasteiger partial charge in [0.1, 0.15) is 0 Å². The molecule has 0 saturated carbocycles. The minimum absolute atomic E-state index is 0.101. The van der Waals surface area contributed by atoms with E-state index in [1.54, 1.807) is 0 Å². The fourth-order valence-electron chi connectivity index (χ4n) is 3.14. The highest BCUT2D eigenvalue weighted by molar-refractivity contribution is 7.99. The Bertz CT molecular complexity index is 1140. The number of hydrogen-bond acceptors (Lipinski definition) is 4. The summed E-state index contributed by atoms with van der Waals surface area (Å²) in [6.07, 6.45) is 0. The molecule has 1 aromatic heterocycles. The third-order valence-electron chi connectivity index (χ3n) is 4.76. The van der Waals surface area contributed by atoms with Gasteiger partial charge in [0.05, 0.1) is 11.8 Å². The van der Waals surface area contributed by atoms with Crippen molar-refractivity contribution in [3.63, 3.8) is 0 Å². The number of rotatable bonds is 7. The zero-order chi connectivity index (χ0) is 21.6. The molecule has 0 bridgehead atoms. The summed E-state index contributed by atoms with van der Waals surface area (Å²) in [6, 6.07) is 25.1. The van der Waals surface area contributed by atoms with E-state index in [1.165, 1.54) is 17.3 Å². The summed E-state index contributed by atoms with van der Waals surface area (Å²) < 4.78 is 0. The molecular formula is C24H21ClN4OS. The van der Waals surface area contributed by atoms with Crippen molar-refractivity contribution in [1.82, 2.24) is 20.5 Å². The standard InChI is InChI=1S/C24H21ClN4OS/c1-16-7-9-19(10-8-16)23-27-24(29-28-23)31-15-21(30)26-22(17-5-3-2-4-6-17)18-11-13-20(25)14-12-18/h2-14,22H,15H2,1H3,(H,26,30)(H,27,28,29). The number of H-pyrrole nitrogens is 1. The monoisotopic (exact) mass is 448 g/mol. The normalized spacial score (nSPS) is 11.8. The van der Waals surface area contributed by atoms with Crippen molar-refractivity contribution in [2.75, 3.05) is 5.75 Å². The van der Waals surface area contributed by atoms with Crippen LogP contribution in [0.15, 0.2) is 84.0 Å². The first kappa shape index (κ1) is 21.2. The number of nitrogens with one attached hydrogen (secondary N) is 2. The Morgan fingerprint density at radius 1 is 1.00 bits per heavy atom. The van der Waals surface area contributed by atoms with E-state index in [4.69, 9.17) is 11.6 Å². The van der Waals surface area contributed by atoms with Gasteiger partial charge in [-0.1, -0.05) is 95.7 Å². The molecule has 0 saturated heterocycles. The van der Waals surface area contributed by atoms with Gasteiger partial charge in [-0.2, -0.15) is 0 Å². The number of aryl methyl sites for hydroxylation is 1. The summed E-state index contributed by atoms with van der Waals surface area (Å²) in [7, 11) is 0. The molecule has 0 aliphatic carbocycles. The zero-order valence-electron chi connectivity index (χ0n) is 16.9. The molecule has 7 heteroatoms. The van der Waals surface area contributed by atoms with Crippen LogP contribution in [0.4, 0.5) is 0 Å². The highest BCUT2D eigenvalue weighted by Crippen LogP contribution is 2.24. The highest BCUT2D eigenvalue weighted by atomic mass is 35.5. The second-order valence-electron chi connectivity index (χ2n) is 7.08. The van der Waals surface area contributed by atoms with Crippen LogP contribution in [0.3, 0.4) is 0 Å². The van der Waals surface area contributed by atoms with Crippen LogP contribution in [0.2, 0.25) is 5.02 Å². The maximum atomic E-state index is 12.7. The van der Waals surface area contributed by atoms with Gasteiger partial charge in [-0.15, -0.1) is 5.10 Å². The lowest BCUT2D eigenvalue weighted by Crippen LogP contribution is -2.30. The summed E-state index contributed by atoms with van der Waals surface area (Å²) in [4.78, 5) is 17.2. The predicted molar refractivity (Wildman–Crippen MR) is 125 cm³/mol. The minimum atomic E-state index is -0.262. The molecule has 4 rings (SSSR count). The summed E-state index contributed by atoms with van der Waals surface area (Å²) in [5.74, 6) is 0.795. The molecule has 1 heterocycles. The van der Waals surface area contributed by atoms with Crippen LogP contribution in [0.1, 0.15) is 22.7 Å². The molecule has 0 fully saturated rings. The fourth-order valence-corrected chi connectivity index (χ4v) is 3.88. The molecule has 1 unspecified atom stereocenters. The average molecular weight is 449 g/mol. The number of thioether (sulfide) groups is 1. The highest BCUT2D eigenvalue weighted by Gasteiger charge is 2.17. The van der Waals surface area contributed by atoms with E-state index in [0.29, 0.717) is 16.0 Å². The van der Waals surface area contributed by atoms with Crippen LogP contribution < -0.4 is 5.32 Å². The van der Waals surface area contributed by atoms with Crippen molar-refractivity contribution in [3.8, 4) is 11.4 Å². The fraction of sp³-hybridized carbons (Fsp3) is 0.125. The van der Waals surface area contributed by atoms with Crippen molar-refractivity contribution < 1.29 is 4.79 Å². The molecule has 2 N–H and O–H groups in total. The molecule has 156 valence electrons. The Kier molecular flexibility index (Phi) is 6.70. The van der Waals surface area contributed by atoms with Gasteiger partial charge < -0.3 is 5.32 Å². The van der Waals surface area contributed by atoms with Crippen molar-refractivity contribution in [2.45, 2.75) is 18.1 Å². The molecular weight excluding hydrogens is 428 g/mol. The van der Waals surface area contributed by atoms with Gasteiger partial charge in [0.15, 0.2) is 5.82 Å². The maximum Gasteiger partial charge on any atom is 0.231 e. The lowest BCUT2D eigenvalue weighted by molar-refractivity contribution is -0.119. The summed E-state index contributed by atoms with van der Waals surface area (Å²) in [5.41, 5.74) is 4.11. The van der Waals surface area contributed by atoms with Crippen LogP contribution in [-0.2, 0) is 4.79 Å². The van der Waals surface area contributed by atoms with Gasteiger partial charge >= 0.3 is 0 Å². The molecule has 1 atom stereocenters. The number of aromatic nitrogens is 3. The van der Waals surface area contributed by atoms with Crippen molar-refractivity contribution >= 4 is 29.3 Å². The third-order valence-corrected chi connectivity index (χ3v) is 5.86. The molecule has 1 amide bonds. The minimum Gasteiger partial charge on any atom is -0.344 e. The molecule has 0 aliphatic heterocycles. The number of hydrogen-bond donors (Lipinski definition) is 2. The number of benzene rings is 3. The van der Waals surface area contributed by atoms with E-state index < -0.39 is 0 Å². The lowest BCUT2D eigenvalue weighted by Gasteiger charge is -2.20. The number of aromatic amines is 1. The Balaban J connectivity index is 1.42. The first-order chi connectivity index (χ1) is 15.1. The van der Waals surface area contributed by atoms with Gasteiger partial charge in [-0.25, -0.2) is 4.98 Å². The first-order valence-electron chi connectivity index (χ1n) is 9.80. The van der Waals surface area contributed by atoms with Crippen LogP contribution in [0, 0.1) is 6.92 Å². The number of carbonyl (C=O) groups excluding carboxylic acids is 1. The Hall–Kier alpha value is -3.09. The molecule has 0 radical (unpaired) electrons. The summed E-state index contributed by atoms with van der Waals surface area (Å²) >= 11 is 7.33. The zero-order valence-corrected chi connectivity index (χ0v) is 18.5. The van der Waals surface area contributed by atoms with Crippen molar-refractivity contribution in [2.24, 2.45) is 0 Å². The molecule has 0 spiro atoms. The lowest BCUT2D eigenvalue weighted by atomic mass is 9.99. The molecule has 0 aliphatic rings. The second-order valence-corrected chi connectivity index (χ2v) is 8.46. The predicted octanol–water partition coefficient (Wildman–Crippen LogP) is 5.43. The first-order valence-corrected chi connectivity index (χ1v) is 11.2. The smallest absolute Gasteiger partial charge is 0.231 e. The molecule has 31 heavy (non-hydrogen) atoms. The van der Waals surface area contributed by atoms with E-state index in [9.17, 15) is 4.79 Å². The van der Waals surface area contributed by atoms with Gasteiger partial charge in [0.2, 0.25) is 11.1 Å². The average Bonchev–Trinajstić information content (AvgIpc) is 3.27. The summed E-state index contributed by atoms with van der Waals surface area (Å²) in [6.45, 7) is 2.04. The van der Waals surface area contributed by atoms with E-state index in [0.717, 1.165) is 16.7 Å². The number of amides is 1. The van der Waals surface area contributed by atoms with E-state index >= 15 is 0 Å². The molecule has 3 aromatic carbocycles. The van der Waals surface area contributed by atoms with Crippen molar-refractivity contribution in [1.29, 1.82) is 0 Å². The topological polar surface area (TPSA) is 70.7 Å². The maximum absolute atomic E-state index is 12.7. The van der Waals surface area contributed by atoms with Crippen LogP contribution in [-0.4, -0.2) is 26.8 Å².